The Bertz CT molecular complexity index is 1030. The summed E-state index contributed by atoms with van der Waals surface area (Å²) in [6, 6.07) is 25.0. The van der Waals surface area contributed by atoms with Crippen molar-refractivity contribution in [2.75, 3.05) is 5.32 Å². The Kier molecular flexibility index (Phi) is 3.54. The number of hydrogen-bond acceptors (Lipinski definition) is 1. The molecule has 0 saturated carbocycles. The van der Waals surface area contributed by atoms with E-state index in [2.05, 4.69) is 70.5 Å². The molecule has 0 aliphatic carbocycles. The summed E-state index contributed by atoms with van der Waals surface area (Å²) < 4.78 is 2.33. The molecule has 1 amide bonds. The van der Waals surface area contributed by atoms with Gasteiger partial charge in [-0.1, -0.05) is 48.5 Å². The molecular weight excluding hydrogens is 296 g/mol. The zero-order chi connectivity index (χ0) is 16.5. The number of nitrogens with zero attached hydrogens (tertiary/aromatic N) is 1. The zero-order valence-electron chi connectivity index (χ0n) is 13.5. The third kappa shape index (κ3) is 2.54. The minimum atomic E-state index is -0.0534. The summed E-state index contributed by atoms with van der Waals surface area (Å²) >= 11 is 0. The van der Waals surface area contributed by atoms with Crippen molar-refractivity contribution in [2.24, 2.45) is 0 Å². The van der Waals surface area contributed by atoms with Crippen molar-refractivity contribution >= 4 is 33.4 Å². The molecule has 0 saturated heterocycles. The Labute approximate surface area is 140 Å². The second-order valence-electron chi connectivity index (χ2n) is 6.00. The minimum Gasteiger partial charge on any atom is -0.336 e. The van der Waals surface area contributed by atoms with Gasteiger partial charge in [0, 0.05) is 41.0 Å². The summed E-state index contributed by atoms with van der Waals surface area (Å²) in [7, 11) is 0. The van der Waals surface area contributed by atoms with E-state index in [-0.39, 0.29) is 5.91 Å². The molecule has 0 spiro atoms. The van der Waals surface area contributed by atoms with Gasteiger partial charge in [0.1, 0.15) is 0 Å². The number of anilines is 1. The van der Waals surface area contributed by atoms with Crippen LogP contribution in [0.5, 0.6) is 0 Å². The van der Waals surface area contributed by atoms with E-state index < -0.39 is 0 Å². The lowest BCUT2D eigenvalue weighted by molar-refractivity contribution is -0.114. The van der Waals surface area contributed by atoms with Crippen LogP contribution in [-0.2, 0) is 11.3 Å². The Hall–Kier alpha value is -3.07. The molecule has 0 radical (unpaired) electrons. The lowest BCUT2D eigenvalue weighted by Gasteiger charge is -2.08. The van der Waals surface area contributed by atoms with Crippen LogP contribution in [0.4, 0.5) is 5.69 Å². The number of nitrogens with one attached hydrogen (secondary N) is 1. The van der Waals surface area contributed by atoms with Gasteiger partial charge >= 0.3 is 0 Å². The van der Waals surface area contributed by atoms with E-state index in [9.17, 15) is 4.79 Å². The molecule has 24 heavy (non-hydrogen) atoms. The fourth-order valence-corrected chi connectivity index (χ4v) is 3.27. The number of hydrogen-bond donors (Lipinski definition) is 1. The number of para-hydroxylation sites is 1. The standard InChI is InChI=1S/C21H18N2O/c1-15(24)22-17-11-12-21-19(13-17)18-9-5-6-10-20(18)23(21)14-16-7-3-2-4-8-16/h2-13H,14H2,1H3,(H,22,24). The number of fused-ring (bicyclic) bond motifs is 3. The third-order valence-electron chi connectivity index (χ3n) is 4.28. The van der Waals surface area contributed by atoms with Gasteiger partial charge in [-0.3, -0.25) is 4.79 Å². The minimum absolute atomic E-state index is 0.0534. The Morgan fingerprint density at radius 1 is 0.875 bits per heavy atom. The average Bonchev–Trinajstić information content (AvgIpc) is 2.89. The SMILES string of the molecule is CC(=O)Nc1ccc2c(c1)c1ccccc1n2Cc1ccccc1. The summed E-state index contributed by atoms with van der Waals surface area (Å²) in [6.45, 7) is 2.35. The van der Waals surface area contributed by atoms with Crippen molar-refractivity contribution in [2.45, 2.75) is 13.5 Å². The first kappa shape index (κ1) is 14.5. The highest BCUT2D eigenvalue weighted by Gasteiger charge is 2.11. The summed E-state index contributed by atoms with van der Waals surface area (Å²) in [5, 5.41) is 5.24. The molecule has 0 aliphatic heterocycles. The highest BCUT2D eigenvalue weighted by atomic mass is 16.1. The second kappa shape index (κ2) is 5.85. The molecular formula is C21H18N2O. The van der Waals surface area contributed by atoms with Crippen LogP contribution in [0.2, 0.25) is 0 Å². The maximum atomic E-state index is 11.3. The monoisotopic (exact) mass is 314 g/mol. The van der Waals surface area contributed by atoms with Gasteiger partial charge in [-0.25, -0.2) is 0 Å². The smallest absolute Gasteiger partial charge is 0.221 e. The van der Waals surface area contributed by atoms with Gasteiger partial charge in [-0.05, 0) is 29.8 Å². The lowest BCUT2D eigenvalue weighted by atomic mass is 10.1. The molecule has 3 nitrogen and oxygen atoms in total. The van der Waals surface area contributed by atoms with Gasteiger partial charge in [0.05, 0.1) is 0 Å². The number of rotatable bonds is 3. The predicted octanol–water partition coefficient (Wildman–Crippen LogP) is 4.80. The largest absolute Gasteiger partial charge is 0.336 e. The quantitative estimate of drug-likeness (QED) is 0.579. The van der Waals surface area contributed by atoms with Gasteiger partial charge in [0.15, 0.2) is 0 Å². The molecule has 0 bridgehead atoms. The van der Waals surface area contributed by atoms with Crippen molar-refractivity contribution in [1.29, 1.82) is 0 Å². The molecule has 4 aromatic rings. The predicted molar refractivity (Wildman–Crippen MR) is 99.3 cm³/mol. The summed E-state index contributed by atoms with van der Waals surface area (Å²) in [6.07, 6.45) is 0. The van der Waals surface area contributed by atoms with Crippen molar-refractivity contribution in [3.63, 3.8) is 0 Å². The van der Waals surface area contributed by atoms with Gasteiger partial charge in [0.25, 0.3) is 0 Å². The maximum absolute atomic E-state index is 11.3. The van der Waals surface area contributed by atoms with Gasteiger partial charge in [0.2, 0.25) is 5.91 Å². The van der Waals surface area contributed by atoms with Crippen LogP contribution in [0.25, 0.3) is 21.8 Å². The van der Waals surface area contributed by atoms with Crippen LogP contribution >= 0.6 is 0 Å². The summed E-state index contributed by atoms with van der Waals surface area (Å²) in [4.78, 5) is 11.3. The molecule has 4 rings (SSSR count). The number of aromatic nitrogens is 1. The molecule has 3 aromatic carbocycles. The van der Waals surface area contributed by atoms with Crippen LogP contribution < -0.4 is 5.32 Å². The average molecular weight is 314 g/mol. The summed E-state index contributed by atoms with van der Waals surface area (Å²) in [5.74, 6) is -0.0534. The normalized spacial score (nSPS) is 11.0. The molecule has 1 N–H and O–H groups in total. The first-order valence-electron chi connectivity index (χ1n) is 8.05. The lowest BCUT2D eigenvalue weighted by Crippen LogP contribution is -2.05. The van der Waals surface area contributed by atoms with Crippen molar-refractivity contribution in [3.8, 4) is 0 Å². The highest BCUT2D eigenvalue weighted by Crippen LogP contribution is 2.31. The van der Waals surface area contributed by atoms with Gasteiger partial charge < -0.3 is 9.88 Å². The number of carbonyl (C=O) groups excluding carboxylic acids is 1. The van der Waals surface area contributed by atoms with Crippen molar-refractivity contribution < 1.29 is 4.79 Å². The highest BCUT2D eigenvalue weighted by molar-refractivity contribution is 6.09. The fourth-order valence-electron chi connectivity index (χ4n) is 3.27. The molecule has 0 atom stereocenters. The third-order valence-corrected chi connectivity index (χ3v) is 4.28. The molecule has 0 fully saturated rings. The number of carbonyl (C=O) groups is 1. The Morgan fingerprint density at radius 2 is 1.58 bits per heavy atom. The van der Waals surface area contributed by atoms with Crippen LogP contribution in [0.3, 0.4) is 0 Å². The summed E-state index contributed by atoms with van der Waals surface area (Å²) in [5.41, 5.74) is 4.48. The molecule has 1 aromatic heterocycles. The Balaban J connectivity index is 1.92. The molecule has 118 valence electrons. The first-order chi connectivity index (χ1) is 11.7. The molecule has 0 aliphatic rings. The van der Waals surface area contributed by atoms with E-state index in [1.165, 1.54) is 28.9 Å². The fraction of sp³-hybridized carbons (Fsp3) is 0.0952. The molecule has 1 heterocycles. The molecule has 3 heteroatoms. The number of amides is 1. The number of benzene rings is 3. The van der Waals surface area contributed by atoms with Crippen molar-refractivity contribution in [1.82, 2.24) is 4.57 Å². The van der Waals surface area contributed by atoms with Gasteiger partial charge in [-0.15, -0.1) is 0 Å². The van der Waals surface area contributed by atoms with Crippen LogP contribution in [-0.4, -0.2) is 10.5 Å². The maximum Gasteiger partial charge on any atom is 0.221 e. The van der Waals surface area contributed by atoms with Crippen molar-refractivity contribution in [3.05, 3.63) is 78.4 Å². The second-order valence-corrected chi connectivity index (χ2v) is 6.00. The zero-order valence-corrected chi connectivity index (χ0v) is 13.5. The van der Waals surface area contributed by atoms with Crippen LogP contribution in [0.1, 0.15) is 12.5 Å². The van der Waals surface area contributed by atoms with Gasteiger partial charge in [-0.2, -0.15) is 0 Å². The van der Waals surface area contributed by atoms with Crippen LogP contribution in [0, 0.1) is 0 Å². The first-order valence-corrected chi connectivity index (χ1v) is 8.05. The van der Waals surface area contributed by atoms with E-state index in [0.29, 0.717) is 0 Å². The van der Waals surface area contributed by atoms with E-state index >= 15 is 0 Å². The van der Waals surface area contributed by atoms with E-state index in [4.69, 9.17) is 0 Å². The Morgan fingerprint density at radius 3 is 2.38 bits per heavy atom. The van der Waals surface area contributed by atoms with E-state index in [1.807, 2.05) is 12.1 Å². The van der Waals surface area contributed by atoms with Crippen LogP contribution in [0.15, 0.2) is 72.8 Å². The molecule has 0 unspecified atom stereocenters. The topological polar surface area (TPSA) is 34.0 Å². The van der Waals surface area contributed by atoms with E-state index in [1.54, 1.807) is 0 Å². The van der Waals surface area contributed by atoms with E-state index in [0.717, 1.165) is 17.6 Å².